The van der Waals surface area contributed by atoms with Crippen molar-refractivity contribution in [1.82, 2.24) is 9.78 Å². The second kappa shape index (κ2) is 4.95. The molecule has 1 N–H and O–H groups in total. The van der Waals surface area contributed by atoms with Crippen LogP contribution in [-0.4, -0.2) is 20.9 Å². The van der Waals surface area contributed by atoms with E-state index in [1.165, 1.54) is 0 Å². The number of carboxylic acids is 1. The van der Waals surface area contributed by atoms with E-state index in [0.717, 1.165) is 29.1 Å². The first-order valence-electron chi connectivity index (χ1n) is 5.39. The molecule has 0 saturated heterocycles. The Balaban J connectivity index is 2.28. The van der Waals surface area contributed by atoms with Crippen molar-refractivity contribution in [3.8, 4) is 0 Å². The van der Waals surface area contributed by atoms with E-state index >= 15 is 0 Å². The summed E-state index contributed by atoms with van der Waals surface area (Å²) in [7, 11) is 0. The Morgan fingerprint density at radius 3 is 2.60 bits per heavy atom. The van der Waals surface area contributed by atoms with Crippen molar-refractivity contribution >= 4 is 5.97 Å². The minimum Gasteiger partial charge on any atom is -0.478 e. The van der Waals surface area contributed by atoms with Gasteiger partial charge in [0.1, 0.15) is 5.82 Å². The molecule has 0 aliphatic rings. The maximum Gasteiger partial charge on any atom is 0.419 e. The van der Waals surface area contributed by atoms with Gasteiger partial charge in [-0.25, -0.2) is 9.18 Å². The Bertz CT molecular complexity index is 649. The molecular weight excluding hydrogens is 280 g/mol. The molecule has 20 heavy (non-hydrogen) atoms. The van der Waals surface area contributed by atoms with E-state index in [1.807, 2.05) is 0 Å². The molecule has 0 radical (unpaired) electrons. The van der Waals surface area contributed by atoms with Crippen molar-refractivity contribution in [1.29, 1.82) is 0 Å². The summed E-state index contributed by atoms with van der Waals surface area (Å²) >= 11 is 0. The van der Waals surface area contributed by atoms with E-state index in [9.17, 15) is 22.4 Å². The Kier molecular flexibility index (Phi) is 3.47. The number of aromatic nitrogens is 2. The van der Waals surface area contributed by atoms with Gasteiger partial charge in [0, 0.05) is 11.8 Å². The first kappa shape index (κ1) is 14.0. The first-order valence-corrected chi connectivity index (χ1v) is 5.39. The number of aromatic carboxylic acids is 1. The van der Waals surface area contributed by atoms with Gasteiger partial charge < -0.3 is 5.11 Å². The molecule has 2 aromatic rings. The monoisotopic (exact) mass is 288 g/mol. The molecule has 1 aromatic carbocycles. The highest BCUT2D eigenvalue weighted by atomic mass is 19.4. The lowest BCUT2D eigenvalue weighted by molar-refractivity contribution is -0.137. The second-order valence-electron chi connectivity index (χ2n) is 4.04. The molecule has 8 heteroatoms. The summed E-state index contributed by atoms with van der Waals surface area (Å²) in [5.74, 6) is -1.96. The molecule has 1 aromatic heterocycles. The molecule has 1 heterocycles. The SMILES string of the molecule is O=C(O)c1ccc(F)c(Cn2cc(C(F)(F)F)cn2)c1. The highest BCUT2D eigenvalue weighted by molar-refractivity contribution is 5.87. The smallest absolute Gasteiger partial charge is 0.419 e. The average molecular weight is 288 g/mol. The predicted octanol–water partition coefficient (Wildman–Crippen LogP) is 2.79. The summed E-state index contributed by atoms with van der Waals surface area (Å²) < 4.78 is 51.6. The Hall–Kier alpha value is -2.38. The third-order valence-electron chi connectivity index (χ3n) is 2.59. The zero-order chi connectivity index (χ0) is 14.9. The maximum absolute atomic E-state index is 13.5. The van der Waals surface area contributed by atoms with Crippen LogP contribution >= 0.6 is 0 Å². The predicted molar refractivity (Wildman–Crippen MR) is 59.7 cm³/mol. The highest BCUT2D eigenvalue weighted by Crippen LogP contribution is 2.28. The van der Waals surface area contributed by atoms with Gasteiger partial charge >= 0.3 is 12.1 Å². The lowest BCUT2D eigenvalue weighted by atomic mass is 10.1. The van der Waals surface area contributed by atoms with E-state index in [0.29, 0.717) is 6.20 Å². The van der Waals surface area contributed by atoms with Gasteiger partial charge in [-0.1, -0.05) is 0 Å². The molecule has 0 atom stereocenters. The number of benzene rings is 1. The van der Waals surface area contributed by atoms with Crippen molar-refractivity contribution in [3.63, 3.8) is 0 Å². The molecule has 4 nitrogen and oxygen atoms in total. The van der Waals surface area contributed by atoms with Crippen LogP contribution in [0.4, 0.5) is 17.6 Å². The van der Waals surface area contributed by atoms with Crippen LogP contribution in [0.5, 0.6) is 0 Å². The number of alkyl halides is 3. The number of carbonyl (C=O) groups is 1. The van der Waals surface area contributed by atoms with E-state index in [1.54, 1.807) is 0 Å². The van der Waals surface area contributed by atoms with Gasteiger partial charge in [-0.15, -0.1) is 0 Å². The van der Waals surface area contributed by atoms with Gasteiger partial charge in [0.25, 0.3) is 0 Å². The van der Waals surface area contributed by atoms with Crippen LogP contribution in [0.25, 0.3) is 0 Å². The van der Waals surface area contributed by atoms with E-state index in [4.69, 9.17) is 5.11 Å². The Morgan fingerprint density at radius 1 is 1.35 bits per heavy atom. The quantitative estimate of drug-likeness (QED) is 0.884. The Morgan fingerprint density at radius 2 is 2.05 bits per heavy atom. The summed E-state index contributed by atoms with van der Waals surface area (Å²) in [6.07, 6.45) is -3.18. The minimum absolute atomic E-state index is 0.0540. The van der Waals surface area contributed by atoms with E-state index in [2.05, 4.69) is 5.10 Å². The van der Waals surface area contributed by atoms with Gasteiger partial charge in [0.2, 0.25) is 0 Å². The molecule has 0 saturated carbocycles. The fourth-order valence-electron chi connectivity index (χ4n) is 1.60. The zero-order valence-electron chi connectivity index (χ0n) is 9.86. The van der Waals surface area contributed by atoms with E-state index < -0.39 is 23.5 Å². The van der Waals surface area contributed by atoms with Crippen LogP contribution < -0.4 is 0 Å². The molecule has 0 amide bonds. The molecule has 0 aliphatic heterocycles. The summed E-state index contributed by atoms with van der Waals surface area (Å²) in [5, 5.41) is 12.3. The fourth-order valence-corrected chi connectivity index (χ4v) is 1.60. The number of halogens is 4. The number of hydrogen-bond acceptors (Lipinski definition) is 2. The van der Waals surface area contributed by atoms with Gasteiger partial charge in [-0.05, 0) is 18.2 Å². The summed E-state index contributed by atoms with van der Waals surface area (Å²) in [6.45, 7) is -0.289. The third kappa shape index (κ3) is 2.95. The molecule has 0 fully saturated rings. The minimum atomic E-state index is -4.53. The standard InChI is InChI=1S/C12H8F4N2O2/c13-10-2-1-7(11(19)20)3-8(10)5-18-6-9(4-17-18)12(14,15)16/h1-4,6H,5H2,(H,19,20). The molecule has 0 spiro atoms. The van der Waals surface area contributed by atoms with Crippen molar-refractivity contribution in [2.24, 2.45) is 0 Å². The third-order valence-corrected chi connectivity index (χ3v) is 2.59. The molecule has 106 valence electrons. The summed E-state index contributed by atoms with van der Waals surface area (Å²) in [4.78, 5) is 10.8. The molecule has 0 unspecified atom stereocenters. The van der Waals surface area contributed by atoms with Gasteiger partial charge in [0.05, 0.1) is 23.9 Å². The highest BCUT2D eigenvalue weighted by Gasteiger charge is 2.32. The maximum atomic E-state index is 13.5. The van der Waals surface area contributed by atoms with Crippen molar-refractivity contribution in [3.05, 3.63) is 53.1 Å². The van der Waals surface area contributed by atoms with Crippen LogP contribution in [0, 0.1) is 5.82 Å². The van der Waals surface area contributed by atoms with Crippen molar-refractivity contribution in [2.75, 3.05) is 0 Å². The molecule has 0 bridgehead atoms. The number of carboxylic acid groups (broad SMARTS) is 1. The Labute approximate surface area is 110 Å². The van der Waals surface area contributed by atoms with Crippen LogP contribution in [-0.2, 0) is 12.7 Å². The van der Waals surface area contributed by atoms with Crippen molar-refractivity contribution in [2.45, 2.75) is 12.7 Å². The van der Waals surface area contributed by atoms with Crippen LogP contribution in [0.2, 0.25) is 0 Å². The number of hydrogen-bond donors (Lipinski definition) is 1. The van der Waals surface area contributed by atoms with E-state index in [-0.39, 0.29) is 17.7 Å². The van der Waals surface area contributed by atoms with Crippen LogP contribution in [0.1, 0.15) is 21.5 Å². The average Bonchev–Trinajstić information content (AvgIpc) is 2.80. The van der Waals surface area contributed by atoms with Gasteiger partial charge in [-0.3, -0.25) is 4.68 Å². The molecule has 0 aliphatic carbocycles. The van der Waals surface area contributed by atoms with Crippen molar-refractivity contribution < 1.29 is 27.5 Å². The van der Waals surface area contributed by atoms with Crippen LogP contribution in [0.15, 0.2) is 30.6 Å². The fraction of sp³-hybridized carbons (Fsp3) is 0.167. The van der Waals surface area contributed by atoms with Crippen LogP contribution in [0.3, 0.4) is 0 Å². The lowest BCUT2D eigenvalue weighted by Crippen LogP contribution is -2.06. The number of rotatable bonds is 3. The van der Waals surface area contributed by atoms with Gasteiger partial charge in [0.15, 0.2) is 0 Å². The summed E-state index contributed by atoms with van der Waals surface area (Å²) in [6, 6.07) is 3.09. The largest absolute Gasteiger partial charge is 0.478 e. The number of nitrogens with zero attached hydrogens (tertiary/aromatic N) is 2. The first-order chi connectivity index (χ1) is 9.27. The topological polar surface area (TPSA) is 55.1 Å². The summed E-state index contributed by atoms with van der Waals surface area (Å²) in [5.41, 5.74) is -1.15. The lowest BCUT2D eigenvalue weighted by Gasteiger charge is -2.05. The van der Waals surface area contributed by atoms with Gasteiger partial charge in [-0.2, -0.15) is 18.3 Å². The zero-order valence-corrected chi connectivity index (χ0v) is 9.86. The molecular formula is C12H8F4N2O2. The molecule has 2 rings (SSSR count). The second-order valence-corrected chi connectivity index (χ2v) is 4.04. The normalized spacial score (nSPS) is 11.6.